The first-order valence-electron chi connectivity index (χ1n) is 17.4. The number of fused-ring (bicyclic) bond motifs is 1. The lowest BCUT2D eigenvalue weighted by atomic mass is 9.79. The smallest absolute Gasteiger partial charge is 0.318 e. The van der Waals surface area contributed by atoms with E-state index in [0.29, 0.717) is 35.0 Å². The Hall–Kier alpha value is -4.87. The van der Waals surface area contributed by atoms with Crippen molar-refractivity contribution in [1.82, 2.24) is 20.1 Å². The molecule has 0 spiro atoms. The molecular formula is C37H44N6O7S. The number of nitrogens with one attached hydrogen (secondary N) is 1. The number of nitrogens with zero attached hydrogens (tertiary/aromatic N) is 5. The number of urea groups is 1. The van der Waals surface area contributed by atoms with Crippen LogP contribution in [0.15, 0.2) is 59.6 Å². The minimum Gasteiger partial charge on any atom is -0.497 e. The molecule has 0 bridgehead atoms. The van der Waals surface area contributed by atoms with E-state index in [9.17, 15) is 18.5 Å². The first-order chi connectivity index (χ1) is 24.6. The predicted molar refractivity (Wildman–Crippen MR) is 189 cm³/mol. The first kappa shape index (κ1) is 35.9. The molecule has 2 saturated heterocycles. The molecule has 6 rings (SSSR count). The summed E-state index contributed by atoms with van der Waals surface area (Å²) in [6, 6.07) is 13.2. The summed E-state index contributed by atoms with van der Waals surface area (Å²) in [5, 5.41) is 13.0. The summed E-state index contributed by atoms with van der Waals surface area (Å²) in [7, 11) is -1.11. The fraction of sp³-hybridized carbons (Fsp3) is 0.459. The van der Waals surface area contributed by atoms with E-state index in [0.717, 1.165) is 38.8 Å². The number of hydrogen-bond acceptors (Lipinski definition) is 10. The maximum absolute atomic E-state index is 15.2. The second-order valence-electron chi connectivity index (χ2n) is 13.1. The van der Waals surface area contributed by atoms with Crippen molar-refractivity contribution in [1.29, 1.82) is 5.26 Å². The minimum absolute atomic E-state index is 0.00903. The summed E-state index contributed by atoms with van der Waals surface area (Å²) < 4.78 is 47.1. The number of pyridine rings is 1. The van der Waals surface area contributed by atoms with E-state index in [1.54, 1.807) is 30.9 Å². The van der Waals surface area contributed by atoms with Crippen LogP contribution in [-0.2, 0) is 20.4 Å². The van der Waals surface area contributed by atoms with Crippen molar-refractivity contribution >= 4 is 27.6 Å². The van der Waals surface area contributed by atoms with Crippen molar-refractivity contribution in [3.63, 3.8) is 0 Å². The van der Waals surface area contributed by atoms with Crippen LogP contribution in [0.5, 0.6) is 17.4 Å². The maximum Gasteiger partial charge on any atom is 0.318 e. The highest BCUT2D eigenvalue weighted by molar-refractivity contribution is 7.93. The normalized spacial score (nSPS) is 20.1. The third kappa shape index (κ3) is 6.56. The van der Waals surface area contributed by atoms with E-state index >= 15 is 4.79 Å². The van der Waals surface area contributed by atoms with Crippen molar-refractivity contribution in [3.05, 3.63) is 71.4 Å². The quantitative estimate of drug-likeness (QED) is 0.317. The second-order valence-corrected chi connectivity index (χ2v) is 14.9. The standard InChI is InChI=1S/C37H44N6O7S/c1-5-49-32-23-28(48-4)10-12-33(32)51(46,47)43-31-11-9-25(24-38)22-30(31)37(35(43)44,29-8-7-17-39-34(29)50-6-2)40-36(45)42-20-15-27(16-21-42)26-13-18-41(3)19-14-26/h7-12,17,22-23,26-27H,5-6,13-16,18-21H2,1-4H3,(H,40,45). The van der Waals surface area contributed by atoms with Gasteiger partial charge in [0.1, 0.15) is 16.4 Å². The number of piperidine rings is 2. The molecule has 0 saturated carbocycles. The number of anilines is 1. The summed E-state index contributed by atoms with van der Waals surface area (Å²) >= 11 is 0. The molecule has 2 fully saturated rings. The van der Waals surface area contributed by atoms with Crippen molar-refractivity contribution in [2.45, 2.75) is 50.0 Å². The number of benzene rings is 2. The number of nitriles is 1. The van der Waals surface area contributed by atoms with Gasteiger partial charge in [0, 0.05) is 30.9 Å². The molecule has 1 aromatic heterocycles. The van der Waals surface area contributed by atoms with Crippen LogP contribution in [0.25, 0.3) is 0 Å². The molecule has 1 N–H and O–H groups in total. The van der Waals surface area contributed by atoms with Gasteiger partial charge in [0.25, 0.3) is 15.9 Å². The molecule has 270 valence electrons. The molecule has 2 aromatic carbocycles. The molecule has 1 unspecified atom stereocenters. The van der Waals surface area contributed by atoms with Crippen LogP contribution in [0.2, 0.25) is 0 Å². The summed E-state index contributed by atoms with van der Waals surface area (Å²) in [5.74, 6) is 0.521. The summed E-state index contributed by atoms with van der Waals surface area (Å²) in [5.41, 5.74) is -1.75. The molecule has 0 radical (unpaired) electrons. The Balaban J connectivity index is 1.46. The van der Waals surface area contributed by atoms with Crippen molar-refractivity contribution < 1.29 is 32.2 Å². The largest absolute Gasteiger partial charge is 0.497 e. The minimum atomic E-state index is -4.70. The zero-order valence-corrected chi connectivity index (χ0v) is 30.2. The van der Waals surface area contributed by atoms with Gasteiger partial charge in [0.2, 0.25) is 5.88 Å². The fourth-order valence-corrected chi connectivity index (χ4v) is 9.17. The van der Waals surface area contributed by atoms with Crippen LogP contribution in [0.1, 0.15) is 56.2 Å². The molecule has 3 aliphatic rings. The number of sulfonamides is 1. The number of carbonyl (C=O) groups excluding carboxylic acids is 2. The SMILES string of the molecule is CCOc1cc(OC)ccc1S(=O)(=O)N1C(=O)C(NC(=O)N2CCC(C3CCN(C)CC3)CC2)(c2cccnc2OCC)c2cc(C#N)ccc21. The number of rotatable bonds is 10. The number of hydrogen-bond donors (Lipinski definition) is 1. The van der Waals surface area contributed by atoms with Crippen molar-refractivity contribution in [2.75, 3.05) is 57.9 Å². The Morgan fingerprint density at radius 1 is 0.980 bits per heavy atom. The van der Waals surface area contributed by atoms with E-state index in [4.69, 9.17) is 14.2 Å². The molecule has 4 heterocycles. The van der Waals surface area contributed by atoms with Crippen LogP contribution in [0.4, 0.5) is 10.5 Å². The Kier molecular flexibility index (Phi) is 10.4. The average Bonchev–Trinajstić information content (AvgIpc) is 3.39. The van der Waals surface area contributed by atoms with Crippen molar-refractivity contribution in [3.8, 4) is 23.4 Å². The number of ether oxygens (including phenoxy) is 3. The van der Waals surface area contributed by atoms with E-state index in [2.05, 4.69) is 28.3 Å². The first-order valence-corrected chi connectivity index (χ1v) is 18.8. The summed E-state index contributed by atoms with van der Waals surface area (Å²) in [6.07, 6.45) is 5.41. The van der Waals surface area contributed by atoms with Gasteiger partial charge in [0.05, 0.1) is 43.2 Å². The number of methoxy groups -OCH3 is 1. The molecule has 51 heavy (non-hydrogen) atoms. The van der Waals surface area contributed by atoms with Crippen LogP contribution in [0, 0.1) is 23.2 Å². The highest BCUT2D eigenvalue weighted by Crippen LogP contribution is 2.50. The van der Waals surface area contributed by atoms with Crippen molar-refractivity contribution in [2.24, 2.45) is 11.8 Å². The maximum atomic E-state index is 15.2. The average molecular weight is 717 g/mol. The molecule has 3 aliphatic heterocycles. The molecule has 1 atom stereocenters. The van der Waals surface area contributed by atoms with Gasteiger partial charge in [-0.15, -0.1) is 0 Å². The van der Waals surface area contributed by atoms with Crippen LogP contribution >= 0.6 is 0 Å². The number of aromatic nitrogens is 1. The highest BCUT2D eigenvalue weighted by atomic mass is 32.2. The number of amides is 3. The topological polar surface area (TPSA) is 154 Å². The lowest BCUT2D eigenvalue weighted by molar-refractivity contribution is -0.121. The summed E-state index contributed by atoms with van der Waals surface area (Å²) in [6.45, 7) is 6.89. The van der Waals surface area contributed by atoms with Gasteiger partial charge >= 0.3 is 6.03 Å². The Bertz CT molecular complexity index is 1930. The molecule has 3 aromatic rings. The van der Waals surface area contributed by atoms with Gasteiger partial charge in [-0.25, -0.2) is 18.2 Å². The molecule has 14 heteroatoms. The van der Waals surface area contributed by atoms with Gasteiger partial charge < -0.3 is 29.3 Å². The zero-order valence-electron chi connectivity index (χ0n) is 29.4. The van der Waals surface area contributed by atoms with Gasteiger partial charge in [-0.1, -0.05) is 0 Å². The lowest BCUT2D eigenvalue weighted by Gasteiger charge is -2.40. The monoisotopic (exact) mass is 716 g/mol. The van der Waals surface area contributed by atoms with Crippen LogP contribution in [-0.4, -0.2) is 88.7 Å². The van der Waals surface area contributed by atoms with Gasteiger partial charge in [-0.3, -0.25) is 4.79 Å². The second kappa shape index (κ2) is 14.8. The van der Waals surface area contributed by atoms with Gasteiger partial charge in [-0.05, 0) is 114 Å². The zero-order chi connectivity index (χ0) is 36.3. The van der Waals surface area contributed by atoms with Gasteiger partial charge in [-0.2, -0.15) is 9.57 Å². The van der Waals surface area contributed by atoms with Crippen LogP contribution < -0.4 is 23.8 Å². The van der Waals surface area contributed by atoms with E-state index in [-0.39, 0.29) is 52.1 Å². The summed E-state index contributed by atoms with van der Waals surface area (Å²) in [4.78, 5) is 37.8. The third-order valence-electron chi connectivity index (χ3n) is 10.2. The Morgan fingerprint density at radius 2 is 1.67 bits per heavy atom. The number of likely N-dealkylation sites (tertiary alicyclic amines) is 2. The molecule has 13 nitrogen and oxygen atoms in total. The number of carbonyl (C=O) groups is 2. The lowest BCUT2D eigenvalue weighted by Crippen LogP contribution is -2.58. The molecule has 3 amide bonds. The van der Waals surface area contributed by atoms with Gasteiger partial charge in [0.15, 0.2) is 5.54 Å². The predicted octanol–water partition coefficient (Wildman–Crippen LogP) is 4.50. The van der Waals surface area contributed by atoms with E-state index in [1.165, 1.54) is 49.7 Å². The fourth-order valence-electron chi connectivity index (χ4n) is 7.58. The molecular weight excluding hydrogens is 673 g/mol. The van der Waals surface area contributed by atoms with E-state index in [1.807, 2.05) is 0 Å². The highest BCUT2D eigenvalue weighted by Gasteiger charge is 2.59. The molecule has 0 aliphatic carbocycles. The Labute approximate surface area is 299 Å². The van der Waals surface area contributed by atoms with E-state index < -0.39 is 27.5 Å². The van der Waals surface area contributed by atoms with Crippen LogP contribution in [0.3, 0.4) is 0 Å². The third-order valence-corrected chi connectivity index (χ3v) is 12.0. The Morgan fingerprint density at radius 3 is 2.31 bits per heavy atom.